The van der Waals surface area contributed by atoms with Crippen LogP contribution in [-0.2, 0) is 11.2 Å². The summed E-state index contributed by atoms with van der Waals surface area (Å²) in [4.78, 5) is 15.4. The van der Waals surface area contributed by atoms with Crippen LogP contribution >= 0.6 is 11.8 Å². The van der Waals surface area contributed by atoms with Gasteiger partial charge in [-0.1, -0.05) is 29.5 Å². The van der Waals surface area contributed by atoms with E-state index in [1.54, 1.807) is 10.7 Å². The monoisotopic (exact) mass is 424 g/mol. The minimum atomic E-state index is -0.273. The second-order valence-corrected chi connectivity index (χ2v) is 8.00. The molecule has 0 unspecified atom stereocenters. The molecule has 2 heterocycles. The number of benzene rings is 2. The van der Waals surface area contributed by atoms with E-state index in [0.717, 1.165) is 33.3 Å². The summed E-state index contributed by atoms with van der Waals surface area (Å²) in [5.41, 5.74) is 4.96. The molecule has 1 amide bonds. The first kappa shape index (κ1) is 20.1. The number of rotatable bonds is 7. The standard InChI is InChI=1S/C21H21FN6OS/c1-13-3-6-19(14(2)9-13)28-21(25-26-27-28)30-12-20(29)23-8-7-15-11-24-18-5-4-16(22)10-17(15)18/h3-6,9-11,24H,7-8,12H2,1-2H3,(H,23,29). The van der Waals surface area contributed by atoms with Crippen molar-refractivity contribution in [2.24, 2.45) is 0 Å². The van der Waals surface area contributed by atoms with Crippen molar-refractivity contribution in [3.8, 4) is 5.69 Å². The second-order valence-electron chi connectivity index (χ2n) is 7.06. The number of H-pyrrole nitrogens is 1. The molecule has 0 aliphatic heterocycles. The molecule has 0 saturated carbocycles. The third-order valence-corrected chi connectivity index (χ3v) is 5.72. The normalized spacial score (nSPS) is 11.2. The molecule has 0 atom stereocenters. The molecule has 0 aliphatic carbocycles. The predicted molar refractivity (Wildman–Crippen MR) is 114 cm³/mol. The lowest BCUT2D eigenvalue weighted by atomic mass is 10.1. The molecule has 0 radical (unpaired) electrons. The zero-order valence-electron chi connectivity index (χ0n) is 16.6. The Bertz CT molecular complexity index is 1200. The van der Waals surface area contributed by atoms with Crippen LogP contribution in [0.2, 0.25) is 0 Å². The van der Waals surface area contributed by atoms with E-state index in [2.05, 4.69) is 31.9 Å². The molecule has 4 rings (SSSR count). The molecule has 0 aliphatic rings. The number of tetrazole rings is 1. The number of aryl methyl sites for hydroxylation is 2. The number of nitrogens with zero attached hydrogens (tertiary/aromatic N) is 4. The van der Waals surface area contributed by atoms with E-state index in [4.69, 9.17) is 0 Å². The summed E-state index contributed by atoms with van der Waals surface area (Å²) in [5.74, 6) is -0.181. The van der Waals surface area contributed by atoms with Gasteiger partial charge in [-0.2, -0.15) is 4.68 Å². The van der Waals surface area contributed by atoms with Gasteiger partial charge in [0.1, 0.15) is 5.82 Å². The lowest BCUT2D eigenvalue weighted by Crippen LogP contribution is -2.27. The molecule has 154 valence electrons. The van der Waals surface area contributed by atoms with Gasteiger partial charge in [-0.15, -0.1) is 5.10 Å². The first-order chi connectivity index (χ1) is 14.5. The van der Waals surface area contributed by atoms with Crippen LogP contribution in [0.4, 0.5) is 4.39 Å². The van der Waals surface area contributed by atoms with Gasteiger partial charge in [0.25, 0.3) is 0 Å². The molecule has 9 heteroatoms. The summed E-state index contributed by atoms with van der Waals surface area (Å²) in [6.45, 7) is 4.50. The van der Waals surface area contributed by atoms with Crippen LogP contribution in [0.15, 0.2) is 47.8 Å². The van der Waals surface area contributed by atoms with Crippen LogP contribution in [0, 0.1) is 19.7 Å². The van der Waals surface area contributed by atoms with Gasteiger partial charge >= 0.3 is 0 Å². The van der Waals surface area contributed by atoms with Crippen LogP contribution in [0.25, 0.3) is 16.6 Å². The Labute approximate surface area is 177 Å². The third-order valence-electron chi connectivity index (χ3n) is 4.80. The Kier molecular flexibility index (Phi) is 5.80. The van der Waals surface area contributed by atoms with Crippen molar-refractivity contribution in [1.29, 1.82) is 0 Å². The van der Waals surface area contributed by atoms with Gasteiger partial charge in [0, 0.05) is 23.6 Å². The van der Waals surface area contributed by atoms with Crippen molar-refractivity contribution in [2.75, 3.05) is 12.3 Å². The highest BCUT2D eigenvalue weighted by Crippen LogP contribution is 2.22. The van der Waals surface area contributed by atoms with E-state index in [-0.39, 0.29) is 17.5 Å². The quantitative estimate of drug-likeness (QED) is 0.444. The molecule has 2 aromatic heterocycles. The number of carbonyl (C=O) groups excluding carboxylic acids is 1. The lowest BCUT2D eigenvalue weighted by Gasteiger charge is -2.08. The number of fused-ring (bicyclic) bond motifs is 1. The van der Waals surface area contributed by atoms with Gasteiger partial charge in [0.2, 0.25) is 11.1 Å². The van der Waals surface area contributed by atoms with Gasteiger partial charge in [-0.3, -0.25) is 4.79 Å². The average molecular weight is 425 g/mol. The Morgan fingerprint density at radius 1 is 1.23 bits per heavy atom. The molecule has 7 nitrogen and oxygen atoms in total. The lowest BCUT2D eigenvalue weighted by molar-refractivity contribution is -0.118. The number of aromatic nitrogens is 5. The Hall–Kier alpha value is -3.20. The van der Waals surface area contributed by atoms with E-state index in [1.165, 1.54) is 23.9 Å². The summed E-state index contributed by atoms with van der Waals surface area (Å²) < 4.78 is 15.1. The number of nitrogens with one attached hydrogen (secondary N) is 2. The topological polar surface area (TPSA) is 88.5 Å². The number of thioether (sulfide) groups is 1. The molecule has 4 aromatic rings. The summed E-state index contributed by atoms with van der Waals surface area (Å²) >= 11 is 1.28. The SMILES string of the molecule is Cc1ccc(-n2nnnc2SCC(=O)NCCc2c[nH]c3ccc(F)cc23)c(C)c1. The zero-order chi connectivity index (χ0) is 21.1. The van der Waals surface area contributed by atoms with Gasteiger partial charge in [0.05, 0.1) is 11.4 Å². The molecule has 2 aromatic carbocycles. The summed E-state index contributed by atoms with van der Waals surface area (Å²) in [6.07, 6.45) is 2.46. The van der Waals surface area contributed by atoms with Crippen LogP contribution in [-0.4, -0.2) is 43.4 Å². The maximum Gasteiger partial charge on any atom is 0.230 e. The average Bonchev–Trinajstić information content (AvgIpc) is 3.33. The molecular formula is C21H21FN6OS. The highest BCUT2D eigenvalue weighted by molar-refractivity contribution is 7.99. The van der Waals surface area contributed by atoms with Gasteiger partial charge < -0.3 is 10.3 Å². The van der Waals surface area contributed by atoms with Gasteiger partial charge in [-0.25, -0.2) is 4.39 Å². The Morgan fingerprint density at radius 3 is 2.93 bits per heavy atom. The van der Waals surface area contributed by atoms with E-state index in [9.17, 15) is 9.18 Å². The summed E-state index contributed by atoms with van der Waals surface area (Å²) in [7, 11) is 0. The zero-order valence-corrected chi connectivity index (χ0v) is 17.5. The minimum absolute atomic E-state index is 0.110. The van der Waals surface area contributed by atoms with E-state index in [0.29, 0.717) is 18.1 Å². The minimum Gasteiger partial charge on any atom is -0.361 e. The van der Waals surface area contributed by atoms with Gasteiger partial charge in [0.15, 0.2) is 0 Å². The predicted octanol–water partition coefficient (Wildman–Crippen LogP) is 3.35. The molecule has 2 N–H and O–H groups in total. The molecule has 0 spiro atoms. The van der Waals surface area contributed by atoms with Crippen LogP contribution in [0.1, 0.15) is 16.7 Å². The van der Waals surface area contributed by atoms with Crippen LogP contribution in [0.3, 0.4) is 0 Å². The Balaban J connectivity index is 1.32. The number of amides is 1. The maximum absolute atomic E-state index is 13.5. The first-order valence-electron chi connectivity index (χ1n) is 9.52. The Morgan fingerprint density at radius 2 is 2.10 bits per heavy atom. The highest BCUT2D eigenvalue weighted by Gasteiger charge is 2.13. The van der Waals surface area contributed by atoms with Crippen LogP contribution < -0.4 is 5.32 Å². The molecule has 0 bridgehead atoms. The number of carbonyl (C=O) groups is 1. The fourth-order valence-electron chi connectivity index (χ4n) is 3.34. The fraction of sp³-hybridized carbons (Fsp3) is 0.238. The highest BCUT2D eigenvalue weighted by atomic mass is 32.2. The van der Waals surface area contributed by atoms with E-state index in [1.807, 2.05) is 32.2 Å². The molecule has 30 heavy (non-hydrogen) atoms. The number of aromatic amines is 1. The summed E-state index contributed by atoms with van der Waals surface area (Å²) in [6, 6.07) is 10.7. The van der Waals surface area contributed by atoms with Crippen LogP contribution in [0.5, 0.6) is 0 Å². The molecule has 0 saturated heterocycles. The maximum atomic E-state index is 13.5. The van der Waals surface area contributed by atoms with Crippen molar-refractivity contribution < 1.29 is 9.18 Å². The van der Waals surface area contributed by atoms with Gasteiger partial charge in [-0.05, 0) is 66.1 Å². The molecule has 0 fully saturated rings. The van der Waals surface area contributed by atoms with Crippen molar-refractivity contribution in [3.63, 3.8) is 0 Å². The fourth-order valence-corrected chi connectivity index (χ4v) is 4.05. The van der Waals surface area contributed by atoms with Crippen molar-refractivity contribution >= 4 is 28.6 Å². The second kappa shape index (κ2) is 8.66. The number of hydrogen-bond donors (Lipinski definition) is 2. The first-order valence-corrected chi connectivity index (χ1v) is 10.5. The van der Waals surface area contributed by atoms with E-state index < -0.39 is 0 Å². The summed E-state index contributed by atoms with van der Waals surface area (Å²) in [5, 5.41) is 16.1. The van der Waals surface area contributed by atoms with Crippen molar-refractivity contribution in [1.82, 2.24) is 30.5 Å². The largest absolute Gasteiger partial charge is 0.361 e. The van der Waals surface area contributed by atoms with E-state index >= 15 is 0 Å². The molecular weight excluding hydrogens is 403 g/mol. The number of hydrogen-bond acceptors (Lipinski definition) is 5. The number of halogens is 1. The van der Waals surface area contributed by atoms with Crippen molar-refractivity contribution in [3.05, 3.63) is 65.1 Å². The third kappa shape index (κ3) is 4.35. The van der Waals surface area contributed by atoms with Crippen molar-refractivity contribution in [2.45, 2.75) is 25.4 Å². The smallest absolute Gasteiger partial charge is 0.230 e.